The Hall–Kier alpha value is -1.40. The maximum atomic E-state index is 12.1. The van der Waals surface area contributed by atoms with Gasteiger partial charge in [0.1, 0.15) is 0 Å². The number of sulfonamides is 1. The molecule has 1 atom stereocenters. The number of amides is 1. The first kappa shape index (κ1) is 15.7. The molecule has 1 amide bonds. The van der Waals surface area contributed by atoms with Crippen molar-refractivity contribution < 1.29 is 13.2 Å². The standard InChI is InChI=1S/C13H20N2O3S/c1-4-5-10(2)15-19(17,18)13-8-6-12(7-9-13)14-11(3)16/h6-10,15H,4-5H2,1-3H3,(H,14,16)/t10-/m1/s1. The molecule has 5 nitrogen and oxygen atoms in total. The first-order valence-corrected chi connectivity index (χ1v) is 7.73. The van der Waals surface area contributed by atoms with E-state index in [9.17, 15) is 13.2 Å². The van der Waals surface area contributed by atoms with Gasteiger partial charge in [0, 0.05) is 18.7 Å². The molecule has 0 heterocycles. The fourth-order valence-corrected chi connectivity index (χ4v) is 3.02. The second-order valence-corrected chi connectivity index (χ2v) is 6.23. The van der Waals surface area contributed by atoms with Crippen molar-refractivity contribution in [3.8, 4) is 0 Å². The molecule has 1 rings (SSSR count). The van der Waals surface area contributed by atoms with Crippen molar-refractivity contribution in [3.63, 3.8) is 0 Å². The molecule has 6 heteroatoms. The van der Waals surface area contributed by atoms with Crippen molar-refractivity contribution in [3.05, 3.63) is 24.3 Å². The van der Waals surface area contributed by atoms with Crippen LogP contribution in [0.5, 0.6) is 0 Å². The summed E-state index contributed by atoms with van der Waals surface area (Å²) in [6, 6.07) is 6.00. The predicted molar refractivity (Wildman–Crippen MR) is 75.4 cm³/mol. The summed E-state index contributed by atoms with van der Waals surface area (Å²) < 4.78 is 26.7. The van der Waals surface area contributed by atoms with E-state index in [1.807, 2.05) is 13.8 Å². The average molecular weight is 284 g/mol. The van der Waals surface area contributed by atoms with E-state index >= 15 is 0 Å². The van der Waals surface area contributed by atoms with E-state index in [1.54, 1.807) is 12.1 Å². The number of nitrogens with one attached hydrogen (secondary N) is 2. The minimum atomic E-state index is -3.49. The third-order valence-electron chi connectivity index (χ3n) is 2.56. The van der Waals surface area contributed by atoms with E-state index < -0.39 is 10.0 Å². The summed E-state index contributed by atoms with van der Waals surface area (Å²) in [5.74, 6) is -0.190. The van der Waals surface area contributed by atoms with Gasteiger partial charge >= 0.3 is 0 Å². The van der Waals surface area contributed by atoms with Crippen LogP contribution in [0, 0.1) is 0 Å². The molecule has 0 aliphatic heterocycles. The number of hydrogen-bond donors (Lipinski definition) is 2. The van der Waals surface area contributed by atoms with Crippen molar-refractivity contribution in [2.45, 2.75) is 44.6 Å². The fourth-order valence-electron chi connectivity index (χ4n) is 1.75. The fraction of sp³-hybridized carbons (Fsp3) is 0.462. The zero-order chi connectivity index (χ0) is 14.5. The molecule has 1 aromatic rings. The van der Waals surface area contributed by atoms with Crippen LogP contribution in [0.25, 0.3) is 0 Å². The molecule has 19 heavy (non-hydrogen) atoms. The van der Waals surface area contributed by atoms with Crippen molar-refractivity contribution in [1.82, 2.24) is 4.72 Å². The monoisotopic (exact) mass is 284 g/mol. The summed E-state index contributed by atoms with van der Waals surface area (Å²) in [6.07, 6.45) is 1.72. The van der Waals surface area contributed by atoms with Gasteiger partial charge in [-0.15, -0.1) is 0 Å². The Balaban J connectivity index is 2.81. The normalized spacial score (nSPS) is 13.0. The van der Waals surface area contributed by atoms with Gasteiger partial charge in [0.2, 0.25) is 15.9 Å². The second kappa shape index (κ2) is 6.68. The van der Waals surface area contributed by atoms with Crippen molar-refractivity contribution >= 4 is 21.6 Å². The molecule has 0 fully saturated rings. The van der Waals surface area contributed by atoms with Crippen LogP contribution in [0.4, 0.5) is 5.69 Å². The molecule has 0 saturated carbocycles. The smallest absolute Gasteiger partial charge is 0.240 e. The molecule has 0 aliphatic carbocycles. The Labute approximate surface area is 114 Å². The van der Waals surface area contributed by atoms with Crippen molar-refractivity contribution in [2.75, 3.05) is 5.32 Å². The average Bonchev–Trinajstić information content (AvgIpc) is 2.28. The summed E-state index contributed by atoms with van der Waals surface area (Å²) in [5, 5.41) is 2.59. The maximum absolute atomic E-state index is 12.1. The van der Waals surface area contributed by atoms with Crippen LogP contribution in [0.2, 0.25) is 0 Å². The van der Waals surface area contributed by atoms with Gasteiger partial charge < -0.3 is 5.32 Å². The van der Waals surface area contributed by atoms with Gasteiger partial charge in [-0.1, -0.05) is 13.3 Å². The summed E-state index contributed by atoms with van der Waals surface area (Å²) in [4.78, 5) is 11.1. The Kier molecular flexibility index (Phi) is 5.50. The predicted octanol–water partition coefficient (Wildman–Crippen LogP) is 2.11. The number of anilines is 1. The van der Waals surface area contributed by atoms with E-state index in [0.29, 0.717) is 5.69 Å². The molecule has 0 spiro atoms. The number of carbonyl (C=O) groups is 1. The molecule has 0 unspecified atom stereocenters. The van der Waals surface area contributed by atoms with Crippen LogP contribution in [-0.2, 0) is 14.8 Å². The zero-order valence-corrected chi connectivity index (χ0v) is 12.3. The highest BCUT2D eigenvalue weighted by molar-refractivity contribution is 7.89. The molecule has 0 radical (unpaired) electrons. The van der Waals surface area contributed by atoms with Crippen LogP contribution >= 0.6 is 0 Å². The van der Waals surface area contributed by atoms with Crippen LogP contribution in [0.15, 0.2) is 29.2 Å². The van der Waals surface area contributed by atoms with Gasteiger partial charge in [0.05, 0.1) is 4.90 Å². The van der Waals surface area contributed by atoms with Crippen molar-refractivity contribution in [1.29, 1.82) is 0 Å². The maximum Gasteiger partial charge on any atom is 0.240 e. The molecule has 106 valence electrons. The Morgan fingerprint density at radius 1 is 1.26 bits per heavy atom. The Morgan fingerprint density at radius 2 is 1.84 bits per heavy atom. The Bertz CT molecular complexity index is 523. The zero-order valence-electron chi connectivity index (χ0n) is 11.4. The van der Waals surface area contributed by atoms with E-state index in [0.717, 1.165) is 12.8 Å². The number of carbonyl (C=O) groups excluding carboxylic acids is 1. The van der Waals surface area contributed by atoms with Gasteiger partial charge in [0.25, 0.3) is 0 Å². The summed E-state index contributed by atoms with van der Waals surface area (Å²) in [6.45, 7) is 5.25. The highest BCUT2D eigenvalue weighted by Gasteiger charge is 2.16. The highest BCUT2D eigenvalue weighted by atomic mass is 32.2. The number of benzene rings is 1. The summed E-state index contributed by atoms with van der Waals surface area (Å²) in [7, 11) is -3.49. The number of rotatable bonds is 6. The number of hydrogen-bond acceptors (Lipinski definition) is 3. The summed E-state index contributed by atoms with van der Waals surface area (Å²) in [5.41, 5.74) is 0.577. The van der Waals surface area contributed by atoms with E-state index in [1.165, 1.54) is 19.1 Å². The molecule has 0 bridgehead atoms. The van der Waals surface area contributed by atoms with Crippen LogP contribution in [0.1, 0.15) is 33.6 Å². The topological polar surface area (TPSA) is 75.3 Å². The van der Waals surface area contributed by atoms with Crippen LogP contribution in [0.3, 0.4) is 0 Å². The molecular weight excluding hydrogens is 264 g/mol. The third-order valence-corrected chi connectivity index (χ3v) is 4.17. The first-order valence-electron chi connectivity index (χ1n) is 6.25. The van der Waals surface area contributed by atoms with E-state index in [4.69, 9.17) is 0 Å². The minimum Gasteiger partial charge on any atom is -0.326 e. The lowest BCUT2D eigenvalue weighted by atomic mass is 10.2. The van der Waals surface area contributed by atoms with Gasteiger partial charge in [-0.2, -0.15) is 0 Å². The van der Waals surface area contributed by atoms with Gasteiger partial charge in [0.15, 0.2) is 0 Å². The third kappa shape index (κ3) is 5.00. The quantitative estimate of drug-likeness (QED) is 0.840. The van der Waals surface area contributed by atoms with Gasteiger partial charge in [-0.05, 0) is 37.6 Å². The van der Waals surface area contributed by atoms with Gasteiger partial charge in [-0.3, -0.25) is 4.79 Å². The molecule has 0 saturated heterocycles. The summed E-state index contributed by atoms with van der Waals surface area (Å²) >= 11 is 0. The molecule has 2 N–H and O–H groups in total. The van der Waals surface area contributed by atoms with Crippen LogP contribution < -0.4 is 10.0 Å². The lowest BCUT2D eigenvalue weighted by molar-refractivity contribution is -0.114. The largest absolute Gasteiger partial charge is 0.326 e. The lowest BCUT2D eigenvalue weighted by Gasteiger charge is -2.13. The van der Waals surface area contributed by atoms with Gasteiger partial charge in [-0.25, -0.2) is 13.1 Å². The second-order valence-electron chi connectivity index (χ2n) is 4.52. The Morgan fingerprint density at radius 3 is 2.32 bits per heavy atom. The van der Waals surface area contributed by atoms with E-state index in [-0.39, 0.29) is 16.8 Å². The minimum absolute atomic E-state index is 0.0926. The highest BCUT2D eigenvalue weighted by Crippen LogP contribution is 2.14. The molecule has 0 aliphatic rings. The molecule has 0 aromatic heterocycles. The van der Waals surface area contributed by atoms with E-state index in [2.05, 4.69) is 10.0 Å². The molecular formula is C13H20N2O3S. The van der Waals surface area contributed by atoms with Crippen molar-refractivity contribution in [2.24, 2.45) is 0 Å². The lowest BCUT2D eigenvalue weighted by Crippen LogP contribution is -2.32. The molecule has 1 aromatic carbocycles. The first-order chi connectivity index (χ1) is 8.85. The SMILES string of the molecule is CCC[C@@H](C)NS(=O)(=O)c1ccc(NC(C)=O)cc1. The van der Waals surface area contributed by atoms with Crippen LogP contribution in [-0.4, -0.2) is 20.4 Å².